The maximum atomic E-state index is 11.9. The molecule has 0 saturated heterocycles. The highest BCUT2D eigenvalue weighted by molar-refractivity contribution is 6.42. The van der Waals surface area contributed by atoms with E-state index in [4.69, 9.17) is 23.2 Å². The minimum atomic E-state index is -0.0257. The summed E-state index contributed by atoms with van der Waals surface area (Å²) >= 11 is 11.7. The number of ketones is 1. The molecule has 0 unspecified atom stereocenters. The predicted molar refractivity (Wildman–Crippen MR) is 68.7 cm³/mol. The van der Waals surface area contributed by atoms with E-state index < -0.39 is 0 Å². The molecule has 2 aromatic rings. The van der Waals surface area contributed by atoms with Crippen molar-refractivity contribution in [3.05, 3.63) is 63.9 Å². The highest BCUT2D eigenvalue weighted by Gasteiger charge is 2.09. The van der Waals surface area contributed by atoms with Crippen LogP contribution in [-0.4, -0.2) is 10.8 Å². The van der Waals surface area contributed by atoms with E-state index in [0.717, 1.165) is 5.69 Å². The van der Waals surface area contributed by atoms with Crippen LogP contribution < -0.4 is 0 Å². The van der Waals surface area contributed by atoms with Crippen molar-refractivity contribution in [2.75, 3.05) is 0 Å². The summed E-state index contributed by atoms with van der Waals surface area (Å²) in [5.74, 6) is -0.0257. The molecule has 0 atom stereocenters. The van der Waals surface area contributed by atoms with Crippen LogP contribution >= 0.6 is 23.2 Å². The fraction of sp³-hybridized carbons (Fsp3) is 0.0769. The third-order valence-corrected chi connectivity index (χ3v) is 3.05. The molecule has 0 bridgehead atoms. The van der Waals surface area contributed by atoms with Gasteiger partial charge in [0, 0.05) is 17.5 Å². The molecule has 0 spiro atoms. The smallest absolute Gasteiger partial charge is 0.168 e. The van der Waals surface area contributed by atoms with E-state index in [-0.39, 0.29) is 12.2 Å². The third kappa shape index (κ3) is 3.05. The largest absolute Gasteiger partial charge is 0.294 e. The molecule has 17 heavy (non-hydrogen) atoms. The van der Waals surface area contributed by atoms with Crippen molar-refractivity contribution in [2.24, 2.45) is 0 Å². The maximum absolute atomic E-state index is 11.9. The van der Waals surface area contributed by atoms with Crippen molar-refractivity contribution < 1.29 is 4.79 Å². The molecular weight excluding hydrogens is 257 g/mol. The normalized spacial score (nSPS) is 10.2. The maximum Gasteiger partial charge on any atom is 0.168 e. The zero-order valence-electron chi connectivity index (χ0n) is 8.86. The van der Waals surface area contributed by atoms with Crippen molar-refractivity contribution in [3.63, 3.8) is 0 Å². The minimum absolute atomic E-state index is 0.0257. The molecule has 0 saturated carbocycles. The molecule has 0 aliphatic rings. The first-order chi connectivity index (χ1) is 8.16. The Balaban J connectivity index is 2.18. The molecule has 2 nitrogen and oxygen atoms in total. The Morgan fingerprint density at radius 1 is 1.12 bits per heavy atom. The Morgan fingerprint density at radius 3 is 2.59 bits per heavy atom. The number of hydrogen-bond acceptors (Lipinski definition) is 2. The summed E-state index contributed by atoms with van der Waals surface area (Å²) in [6.45, 7) is 0. The van der Waals surface area contributed by atoms with Gasteiger partial charge < -0.3 is 0 Å². The number of carbonyl (C=O) groups excluding carboxylic acids is 1. The Hall–Kier alpha value is -1.38. The van der Waals surface area contributed by atoms with Crippen LogP contribution in [0.2, 0.25) is 10.0 Å². The zero-order chi connectivity index (χ0) is 12.3. The van der Waals surface area contributed by atoms with Crippen LogP contribution in [0.5, 0.6) is 0 Å². The molecule has 1 aromatic carbocycles. The summed E-state index contributed by atoms with van der Waals surface area (Å²) in [5.41, 5.74) is 1.29. The van der Waals surface area contributed by atoms with Gasteiger partial charge >= 0.3 is 0 Å². The molecule has 0 aliphatic carbocycles. The van der Waals surface area contributed by atoms with E-state index in [1.165, 1.54) is 0 Å². The van der Waals surface area contributed by atoms with Crippen LogP contribution in [0.25, 0.3) is 0 Å². The molecular formula is C13H9Cl2NO. The fourth-order valence-corrected chi connectivity index (χ4v) is 1.74. The first-order valence-electron chi connectivity index (χ1n) is 5.05. The van der Waals surface area contributed by atoms with Gasteiger partial charge in [0.25, 0.3) is 0 Å². The summed E-state index contributed by atoms with van der Waals surface area (Å²) in [5, 5.41) is 0.833. The highest BCUT2D eigenvalue weighted by atomic mass is 35.5. The van der Waals surface area contributed by atoms with Gasteiger partial charge in [0.1, 0.15) is 0 Å². The van der Waals surface area contributed by atoms with Gasteiger partial charge in [-0.3, -0.25) is 9.78 Å². The SMILES string of the molecule is O=C(Cc1ccccn1)c1ccc(Cl)c(Cl)c1. The van der Waals surface area contributed by atoms with Crippen molar-refractivity contribution in [1.82, 2.24) is 4.98 Å². The van der Waals surface area contributed by atoms with Gasteiger partial charge in [-0.2, -0.15) is 0 Å². The lowest BCUT2D eigenvalue weighted by Crippen LogP contribution is -2.04. The van der Waals surface area contributed by atoms with Crippen molar-refractivity contribution in [3.8, 4) is 0 Å². The van der Waals surface area contributed by atoms with Gasteiger partial charge in [0.05, 0.1) is 16.5 Å². The predicted octanol–water partition coefficient (Wildman–Crippen LogP) is 3.81. The lowest BCUT2D eigenvalue weighted by molar-refractivity contribution is 0.0992. The monoisotopic (exact) mass is 265 g/mol. The lowest BCUT2D eigenvalue weighted by Gasteiger charge is -2.02. The summed E-state index contributed by atoms with van der Waals surface area (Å²) in [4.78, 5) is 16.0. The van der Waals surface area contributed by atoms with E-state index in [0.29, 0.717) is 15.6 Å². The minimum Gasteiger partial charge on any atom is -0.294 e. The number of carbonyl (C=O) groups is 1. The van der Waals surface area contributed by atoms with Crippen LogP contribution in [0.1, 0.15) is 16.1 Å². The number of Topliss-reactive ketones (excluding diaryl/α,β-unsaturated/α-hetero) is 1. The number of rotatable bonds is 3. The van der Waals surface area contributed by atoms with E-state index >= 15 is 0 Å². The van der Waals surface area contributed by atoms with Crippen molar-refractivity contribution in [1.29, 1.82) is 0 Å². The average Bonchev–Trinajstić information content (AvgIpc) is 2.34. The second kappa shape index (κ2) is 5.30. The molecule has 1 heterocycles. The van der Waals surface area contributed by atoms with Crippen LogP contribution in [-0.2, 0) is 6.42 Å². The number of nitrogens with zero attached hydrogens (tertiary/aromatic N) is 1. The van der Waals surface area contributed by atoms with E-state index in [1.807, 2.05) is 18.2 Å². The molecule has 0 N–H and O–H groups in total. The zero-order valence-corrected chi connectivity index (χ0v) is 10.4. The van der Waals surface area contributed by atoms with Gasteiger partial charge in [-0.15, -0.1) is 0 Å². The average molecular weight is 266 g/mol. The van der Waals surface area contributed by atoms with Crippen LogP contribution in [0.4, 0.5) is 0 Å². The molecule has 2 rings (SSSR count). The summed E-state index contributed by atoms with van der Waals surface area (Å²) in [6.07, 6.45) is 1.93. The second-order valence-corrected chi connectivity index (χ2v) is 4.36. The molecule has 0 fully saturated rings. The van der Waals surface area contributed by atoms with Crippen LogP contribution in [0, 0.1) is 0 Å². The van der Waals surface area contributed by atoms with Crippen LogP contribution in [0.15, 0.2) is 42.6 Å². The van der Waals surface area contributed by atoms with E-state index in [9.17, 15) is 4.79 Å². The third-order valence-electron chi connectivity index (χ3n) is 2.31. The standard InChI is InChI=1S/C13H9Cl2NO/c14-11-5-4-9(7-12(11)15)13(17)8-10-3-1-2-6-16-10/h1-7H,8H2. The summed E-state index contributed by atoms with van der Waals surface area (Å²) in [6, 6.07) is 10.3. The Labute approximate surface area is 109 Å². The molecule has 1 aromatic heterocycles. The molecule has 0 radical (unpaired) electrons. The van der Waals surface area contributed by atoms with Gasteiger partial charge in [-0.25, -0.2) is 0 Å². The van der Waals surface area contributed by atoms with E-state index in [2.05, 4.69) is 4.98 Å². The molecule has 4 heteroatoms. The quantitative estimate of drug-likeness (QED) is 0.790. The molecule has 0 amide bonds. The summed E-state index contributed by atoms with van der Waals surface area (Å²) < 4.78 is 0. The first-order valence-corrected chi connectivity index (χ1v) is 5.80. The first kappa shape index (κ1) is 12.1. The Kier molecular flexibility index (Phi) is 3.77. The number of benzene rings is 1. The number of pyridine rings is 1. The van der Waals surface area contributed by atoms with Gasteiger partial charge in [-0.1, -0.05) is 29.3 Å². The Bertz CT molecular complexity index is 540. The number of hydrogen-bond donors (Lipinski definition) is 0. The fourth-order valence-electron chi connectivity index (χ4n) is 1.44. The van der Waals surface area contributed by atoms with Crippen LogP contribution in [0.3, 0.4) is 0 Å². The van der Waals surface area contributed by atoms with Gasteiger partial charge in [0.2, 0.25) is 0 Å². The number of halogens is 2. The molecule has 0 aliphatic heterocycles. The van der Waals surface area contributed by atoms with Crippen molar-refractivity contribution in [2.45, 2.75) is 6.42 Å². The highest BCUT2D eigenvalue weighted by Crippen LogP contribution is 2.23. The summed E-state index contributed by atoms with van der Waals surface area (Å²) in [7, 11) is 0. The van der Waals surface area contributed by atoms with Crippen molar-refractivity contribution >= 4 is 29.0 Å². The second-order valence-electron chi connectivity index (χ2n) is 3.55. The lowest BCUT2D eigenvalue weighted by atomic mass is 10.1. The topological polar surface area (TPSA) is 30.0 Å². The van der Waals surface area contributed by atoms with E-state index in [1.54, 1.807) is 24.4 Å². The Morgan fingerprint density at radius 2 is 1.94 bits per heavy atom. The van der Waals surface area contributed by atoms with Gasteiger partial charge in [0.15, 0.2) is 5.78 Å². The number of aromatic nitrogens is 1. The van der Waals surface area contributed by atoms with Gasteiger partial charge in [-0.05, 0) is 30.3 Å². The molecule has 86 valence electrons.